The Hall–Kier alpha value is -3.06. The molecule has 4 heteroatoms. The Bertz CT molecular complexity index is 877. The number of rotatable bonds is 4. The van der Waals surface area contributed by atoms with Crippen LogP contribution < -0.4 is 5.32 Å². The van der Waals surface area contributed by atoms with E-state index in [1.165, 1.54) is 11.1 Å². The maximum absolute atomic E-state index is 12.6. The molecule has 1 amide bonds. The van der Waals surface area contributed by atoms with Crippen molar-refractivity contribution < 1.29 is 4.79 Å². The lowest BCUT2D eigenvalue weighted by Gasteiger charge is -2.27. The zero-order valence-electron chi connectivity index (χ0n) is 15.2. The lowest BCUT2D eigenvalue weighted by Crippen LogP contribution is -2.27. The molecular weight excluding hydrogens is 322 g/mol. The molecule has 0 spiro atoms. The average molecular weight is 345 g/mol. The summed E-state index contributed by atoms with van der Waals surface area (Å²) in [5.74, 6) is -0.0703. The van der Waals surface area contributed by atoms with Crippen LogP contribution in [0.1, 0.15) is 36.5 Å². The third kappa shape index (κ3) is 3.94. The Kier molecular flexibility index (Phi) is 5.38. The van der Waals surface area contributed by atoms with Crippen LogP contribution in [0.15, 0.2) is 60.3 Å². The van der Waals surface area contributed by atoms with Gasteiger partial charge in [-0.3, -0.25) is 4.79 Å². The first-order chi connectivity index (χ1) is 12.6. The highest BCUT2D eigenvalue weighted by Crippen LogP contribution is 2.24. The molecule has 0 aromatic heterocycles. The number of benzene rings is 2. The van der Waals surface area contributed by atoms with Crippen molar-refractivity contribution in [1.82, 2.24) is 4.90 Å². The van der Waals surface area contributed by atoms with E-state index in [0.29, 0.717) is 5.92 Å². The summed E-state index contributed by atoms with van der Waals surface area (Å²) in [6.45, 7) is 5.68. The molecule has 3 rings (SSSR count). The van der Waals surface area contributed by atoms with Gasteiger partial charge >= 0.3 is 0 Å². The molecule has 1 aliphatic heterocycles. The van der Waals surface area contributed by atoms with Gasteiger partial charge in [0.25, 0.3) is 5.91 Å². The normalized spacial score (nSPS) is 13.9. The largest absolute Gasteiger partial charge is 0.371 e. The highest BCUT2D eigenvalue weighted by Gasteiger charge is 2.17. The van der Waals surface area contributed by atoms with Crippen LogP contribution >= 0.6 is 0 Å². The molecule has 1 N–H and O–H groups in total. The number of carbonyl (C=O) groups excluding carboxylic acids is 1. The van der Waals surface area contributed by atoms with Crippen molar-refractivity contribution in [2.45, 2.75) is 32.7 Å². The summed E-state index contributed by atoms with van der Waals surface area (Å²) in [7, 11) is 0. The standard InChI is InChI=1S/C22H23N3O/c1-16(2)20-9-5-6-10-21(20)24-22(26)19(13-23)15-25-12-11-17-7-3-4-8-18(17)14-25/h3-10,15-16H,11-12,14H2,1-2H3,(H,24,26)/b19-15-. The van der Waals surface area contributed by atoms with Gasteiger partial charge < -0.3 is 10.2 Å². The fourth-order valence-corrected chi connectivity index (χ4v) is 3.25. The van der Waals surface area contributed by atoms with Gasteiger partial charge in [-0.05, 0) is 35.1 Å². The first-order valence-corrected chi connectivity index (χ1v) is 8.91. The maximum atomic E-state index is 12.6. The molecule has 1 heterocycles. The molecule has 0 saturated carbocycles. The summed E-state index contributed by atoms with van der Waals surface area (Å²) in [6.07, 6.45) is 2.60. The second-order valence-electron chi connectivity index (χ2n) is 6.84. The van der Waals surface area contributed by atoms with Crippen molar-refractivity contribution in [2.75, 3.05) is 11.9 Å². The minimum Gasteiger partial charge on any atom is -0.371 e. The summed E-state index contributed by atoms with van der Waals surface area (Å²) >= 11 is 0. The number of carbonyl (C=O) groups is 1. The molecule has 1 aliphatic rings. The van der Waals surface area contributed by atoms with Crippen molar-refractivity contribution in [2.24, 2.45) is 0 Å². The number of hydrogen-bond acceptors (Lipinski definition) is 3. The van der Waals surface area contributed by atoms with E-state index < -0.39 is 0 Å². The van der Waals surface area contributed by atoms with Crippen LogP contribution in [-0.2, 0) is 17.8 Å². The van der Waals surface area contributed by atoms with Crippen LogP contribution in [0.4, 0.5) is 5.69 Å². The molecule has 0 fully saturated rings. The minimum atomic E-state index is -0.362. The van der Waals surface area contributed by atoms with Gasteiger partial charge in [-0.15, -0.1) is 0 Å². The van der Waals surface area contributed by atoms with Gasteiger partial charge in [0.15, 0.2) is 0 Å². The fourth-order valence-electron chi connectivity index (χ4n) is 3.25. The Labute approximate surface area is 154 Å². The fraction of sp³-hybridized carbons (Fsp3) is 0.273. The lowest BCUT2D eigenvalue weighted by atomic mass is 10.00. The van der Waals surface area contributed by atoms with Gasteiger partial charge in [-0.25, -0.2) is 0 Å². The molecule has 26 heavy (non-hydrogen) atoms. The summed E-state index contributed by atoms with van der Waals surface area (Å²) in [5.41, 5.74) is 4.54. The number of nitriles is 1. The van der Waals surface area contributed by atoms with Crippen LogP contribution in [0, 0.1) is 11.3 Å². The molecule has 132 valence electrons. The third-order valence-electron chi connectivity index (χ3n) is 4.67. The molecular formula is C22H23N3O. The van der Waals surface area contributed by atoms with Gasteiger partial charge in [0.1, 0.15) is 11.6 Å². The molecule has 0 saturated heterocycles. The van der Waals surface area contributed by atoms with E-state index in [0.717, 1.165) is 30.8 Å². The van der Waals surface area contributed by atoms with E-state index in [-0.39, 0.29) is 11.5 Å². The molecule has 0 unspecified atom stereocenters. The number of amides is 1. The van der Waals surface area contributed by atoms with Crippen molar-refractivity contribution >= 4 is 11.6 Å². The van der Waals surface area contributed by atoms with Gasteiger partial charge in [-0.2, -0.15) is 5.26 Å². The number of hydrogen-bond donors (Lipinski definition) is 1. The van der Waals surface area contributed by atoms with Crippen molar-refractivity contribution in [3.63, 3.8) is 0 Å². The number of nitrogens with one attached hydrogen (secondary N) is 1. The molecule has 0 radical (unpaired) electrons. The number of anilines is 1. The highest BCUT2D eigenvalue weighted by atomic mass is 16.1. The van der Waals surface area contributed by atoms with E-state index in [4.69, 9.17) is 0 Å². The van der Waals surface area contributed by atoms with Crippen LogP contribution in [0.2, 0.25) is 0 Å². The summed E-state index contributed by atoms with van der Waals surface area (Å²) in [5, 5.41) is 12.4. The molecule has 0 aliphatic carbocycles. The maximum Gasteiger partial charge on any atom is 0.267 e. The summed E-state index contributed by atoms with van der Waals surface area (Å²) in [4.78, 5) is 14.6. The van der Waals surface area contributed by atoms with Gasteiger partial charge in [-0.1, -0.05) is 56.3 Å². The van der Waals surface area contributed by atoms with E-state index in [1.54, 1.807) is 6.20 Å². The second-order valence-corrected chi connectivity index (χ2v) is 6.84. The molecule has 2 aromatic carbocycles. The van der Waals surface area contributed by atoms with E-state index in [9.17, 15) is 10.1 Å². The van der Waals surface area contributed by atoms with E-state index in [1.807, 2.05) is 47.4 Å². The number of nitrogens with zero attached hydrogens (tertiary/aromatic N) is 2. The van der Waals surface area contributed by atoms with Crippen LogP contribution in [0.3, 0.4) is 0 Å². The van der Waals surface area contributed by atoms with Crippen molar-refractivity contribution in [3.05, 3.63) is 77.0 Å². The number of para-hydroxylation sites is 1. The minimum absolute atomic E-state index is 0.128. The quantitative estimate of drug-likeness (QED) is 0.667. The zero-order chi connectivity index (χ0) is 18.5. The van der Waals surface area contributed by atoms with Crippen LogP contribution in [0.5, 0.6) is 0 Å². The molecule has 0 bridgehead atoms. The van der Waals surface area contributed by atoms with Crippen molar-refractivity contribution in [3.8, 4) is 6.07 Å². The highest BCUT2D eigenvalue weighted by molar-refractivity contribution is 6.06. The van der Waals surface area contributed by atoms with Crippen molar-refractivity contribution in [1.29, 1.82) is 5.26 Å². The predicted molar refractivity (Wildman–Crippen MR) is 103 cm³/mol. The van der Waals surface area contributed by atoms with Gasteiger partial charge in [0, 0.05) is 25.0 Å². The Balaban J connectivity index is 1.76. The SMILES string of the molecule is CC(C)c1ccccc1NC(=O)/C(C#N)=C\N1CCc2ccccc2C1. The monoisotopic (exact) mass is 345 g/mol. The Morgan fingerprint density at radius 1 is 1.15 bits per heavy atom. The molecule has 0 atom stereocenters. The Morgan fingerprint density at radius 2 is 1.85 bits per heavy atom. The second kappa shape index (κ2) is 7.88. The smallest absolute Gasteiger partial charge is 0.267 e. The average Bonchev–Trinajstić information content (AvgIpc) is 2.66. The lowest BCUT2D eigenvalue weighted by molar-refractivity contribution is -0.112. The summed E-state index contributed by atoms with van der Waals surface area (Å²) < 4.78 is 0. The van der Waals surface area contributed by atoms with E-state index in [2.05, 4.69) is 31.3 Å². The first kappa shape index (κ1) is 17.8. The third-order valence-corrected chi connectivity index (χ3v) is 4.67. The first-order valence-electron chi connectivity index (χ1n) is 8.91. The topological polar surface area (TPSA) is 56.1 Å². The van der Waals surface area contributed by atoms with Crippen LogP contribution in [-0.4, -0.2) is 17.4 Å². The molecule has 2 aromatic rings. The molecule has 4 nitrogen and oxygen atoms in total. The predicted octanol–water partition coefficient (Wildman–Crippen LogP) is 4.21. The van der Waals surface area contributed by atoms with Gasteiger partial charge in [0.05, 0.1) is 0 Å². The summed E-state index contributed by atoms with van der Waals surface area (Å²) in [6, 6.07) is 18.1. The van der Waals surface area contributed by atoms with Gasteiger partial charge in [0.2, 0.25) is 0 Å². The number of fused-ring (bicyclic) bond motifs is 1. The zero-order valence-corrected chi connectivity index (χ0v) is 15.2. The Morgan fingerprint density at radius 3 is 2.58 bits per heavy atom. The van der Waals surface area contributed by atoms with Crippen LogP contribution in [0.25, 0.3) is 0 Å². The van der Waals surface area contributed by atoms with E-state index >= 15 is 0 Å².